The Morgan fingerprint density at radius 3 is 2.46 bits per heavy atom. The largest absolute Gasteiger partial charge is 0.354 e. The molecule has 0 saturated heterocycles. The van der Waals surface area contributed by atoms with E-state index in [2.05, 4.69) is 20.6 Å². The highest BCUT2D eigenvalue weighted by atomic mass is 16.1. The summed E-state index contributed by atoms with van der Waals surface area (Å²) in [6.07, 6.45) is 6.66. The van der Waals surface area contributed by atoms with E-state index >= 15 is 0 Å². The van der Waals surface area contributed by atoms with Crippen LogP contribution in [0.15, 0.2) is 67.3 Å². The van der Waals surface area contributed by atoms with Gasteiger partial charge in [0.25, 0.3) is 5.91 Å². The summed E-state index contributed by atoms with van der Waals surface area (Å²) in [4.78, 5) is 20.4. The third-order valence-electron chi connectivity index (χ3n) is 3.54. The van der Waals surface area contributed by atoms with Crippen LogP contribution in [0.3, 0.4) is 0 Å². The Balaban J connectivity index is 1.65. The van der Waals surface area contributed by atoms with Gasteiger partial charge in [-0.2, -0.15) is 0 Å². The predicted octanol–water partition coefficient (Wildman–Crippen LogP) is 3.46. The number of anilines is 2. The van der Waals surface area contributed by atoms with Crippen LogP contribution >= 0.6 is 0 Å². The lowest BCUT2D eigenvalue weighted by Gasteiger charge is -2.09. The lowest BCUT2D eigenvalue weighted by Crippen LogP contribution is -2.23. The second-order valence-electron chi connectivity index (χ2n) is 5.49. The molecule has 0 aliphatic carbocycles. The topological polar surface area (TPSA) is 66.9 Å². The highest BCUT2D eigenvalue weighted by Crippen LogP contribution is 2.17. The zero-order chi connectivity index (χ0) is 16.8. The summed E-state index contributed by atoms with van der Waals surface area (Å²) in [6, 6.07) is 13.6. The molecule has 5 nitrogen and oxygen atoms in total. The maximum absolute atomic E-state index is 12.3. The van der Waals surface area contributed by atoms with Crippen molar-refractivity contribution in [3.8, 4) is 0 Å². The fourth-order valence-corrected chi connectivity index (χ4v) is 2.22. The van der Waals surface area contributed by atoms with Crippen molar-refractivity contribution in [3.63, 3.8) is 0 Å². The first-order valence-corrected chi connectivity index (χ1v) is 7.66. The van der Waals surface area contributed by atoms with Crippen molar-refractivity contribution in [2.75, 3.05) is 5.32 Å². The minimum absolute atomic E-state index is 0.160. The number of hydrogen-bond donors (Lipinski definition) is 2. The van der Waals surface area contributed by atoms with Gasteiger partial charge in [-0.3, -0.25) is 14.8 Å². The van der Waals surface area contributed by atoms with Crippen LogP contribution in [0.25, 0.3) is 0 Å². The molecule has 24 heavy (non-hydrogen) atoms. The molecule has 0 radical (unpaired) electrons. The lowest BCUT2D eigenvalue weighted by atomic mass is 10.2. The van der Waals surface area contributed by atoms with Crippen LogP contribution in [0.5, 0.6) is 0 Å². The molecule has 0 saturated carbocycles. The van der Waals surface area contributed by atoms with Gasteiger partial charge in [-0.1, -0.05) is 17.7 Å². The van der Waals surface area contributed by atoms with Crippen LogP contribution in [-0.2, 0) is 6.54 Å². The highest BCUT2D eigenvalue weighted by molar-refractivity contribution is 5.94. The molecule has 0 bridgehead atoms. The van der Waals surface area contributed by atoms with Crippen LogP contribution in [0.4, 0.5) is 11.4 Å². The minimum Gasteiger partial charge on any atom is -0.354 e. The lowest BCUT2D eigenvalue weighted by molar-refractivity contribution is 0.0950. The molecule has 1 amide bonds. The molecule has 0 aliphatic rings. The molecular weight excluding hydrogens is 300 g/mol. The van der Waals surface area contributed by atoms with Gasteiger partial charge in [-0.15, -0.1) is 0 Å². The van der Waals surface area contributed by atoms with Crippen LogP contribution in [0, 0.1) is 6.92 Å². The smallest absolute Gasteiger partial charge is 0.253 e. The maximum atomic E-state index is 12.3. The van der Waals surface area contributed by atoms with E-state index < -0.39 is 0 Å². The van der Waals surface area contributed by atoms with E-state index in [-0.39, 0.29) is 5.91 Å². The summed E-state index contributed by atoms with van der Waals surface area (Å²) in [5, 5.41) is 6.13. The standard InChI is InChI=1S/C19H18N4O/c1-14-2-4-17(5-3-14)23-18-10-16(12-21-13-18)19(24)22-11-15-6-8-20-9-7-15/h2-10,12-13,23H,11H2,1H3,(H,22,24). The summed E-state index contributed by atoms with van der Waals surface area (Å²) >= 11 is 0. The van der Waals surface area contributed by atoms with Crippen molar-refractivity contribution in [1.29, 1.82) is 0 Å². The van der Waals surface area contributed by atoms with Crippen LogP contribution in [0.2, 0.25) is 0 Å². The van der Waals surface area contributed by atoms with E-state index in [4.69, 9.17) is 0 Å². The summed E-state index contributed by atoms with van der Waals surface area (Å²) in [5.74, 6) is -0.160. The van der Waals surface area contributed by atoms with Crippen molar-refractivity contribution in [3.05, 3.63) is 83.9 Å². The number of nitrogens with zero attached hydrogens (tertiary/aromatic N) is 2. The Morgan fingerprint density at radius 2 is 1.71 bits per heavy atom. The molecule has 1 aromatic carbocycles. The number of carbonyl (C=O) groups excluding carboxylic acids is 1. The van der Waals surface area contributed by atoms with Crippen LogP contribution in [0.1, 0.15) is 21.5 Å². The van der Waals surface area contributed by atoms with Gasteiger partial charge < -0.3 is 10.6 Å². The summed E-state index contributed by atoms with van der Waals surface area (Å²) in [7, 11) is 0. The SMILES string of the molecule is Cc1ccc(Nc2cncc(C(=O)NCc3ccncc3)c2)cc1. The quantitative estimate of drug-likeness (QED) is 0.756. The van der Waals surface area contributed by atoms with Crippen molar-refractivity contribution in [2.45, 2.75) is 13.5 Å². The van der Waals surface area contributed by atoms with Crippen molar-refractivity contribution < 1.29 is 4.79 Å². The monoisotopic (exact) mass is 318 g/mol. The Kier molecular flexibility index (Phi) is 4.81. The van der Waals surface area contributed by atoms with E-state index in [9.17, 15) is 4.79 Å². The van der Waals surface area contributed by atoms with E-state index in [1.165, 1.54) is 5.56 Å². The predicted molar refractivity (Wildman–Crippen MR) is 94.1 cm³/mol. The second kappa shape index (κ2) is 7.37. The third kappa shape index (κ3) is 4.16. The van der Waals surface area contributed by atoms with Gasteiger partial charge in [-0.05, 0) is 42.8 Å². The van der Waals surface area contributed by atoms with Crippen LogP contribution in [-0.4, -0.2) is 15.9 Å². The third-order valence-corrected chi connectivity index (χ3v) is 3.54. The van der Waals surface area contributed by atoms with E-state index in [1.54, 1.807) is 30.9 Å². The number of aromatic nitrogens is 2. The molecule has 3 rings (SSSR count). The normalized spacial score (nSPS) is 10.2. The minimum atomic E-state index is -0.160. The van der Waals surface area contributed by atoms with Crippen LogP contribution < -0.4 is 10.6 Å². The number of rotatable bonds is 5. The number of nitrogens with one attached hydrogen (secondary N) is 2. The van der Waals surface area contributed by atoms with E-state index in [0.717, 1.165) is 16.9 Å². The van der Waals surface area contributed by atoms with E-state index in [1.807, 2.05) is 43.3 Å². The zero-order valence-corrected chi connectivity index (χ0v) is 13.4. The molecule has 0 unspecified atom stereocenters. The Labute approximate surface area is 140 Å². The average Bonchev–Trinajstić information content (AvgIpc) is 2.63. The van der Waals surface area contributed by atoms with Gasteiger partial charge in [0, 0.05) is 30.8 Å². The first kappa shape index (κ1) is 15.7. The number of aryl methyl sites for hydroxylation is 1. The van der Waals surface area contributed by atoms with Gasteiger partial charge in [0.2, 0.25) is 0 Å². The number of benzene rings is 1. The number of pyridine rings is 2. The molecule has 0 fully saturated rings. The molecular formula is C19H18N4O. The number of amides is 1. The second-order valence-corrected chi connectivity index (χ2v) is 5.49. The van der Waals surface area contributed by atoms with Gasteiger partial charge >= 0.3 is 0 Å². The molecule has 0 aliphatic heterocycles. The van der Waals surface area contributed by atoms with Crippen molar-refractivity contribution in [2.24, 2.45) is 0 Å². The fourth-order valence-electron chi connectivity index (χ4n) is 2.22. The zero-order valence-electron chi connectivity index (χ0n) is 13.4. The molecule has 2 heterocycles. The molecule has 5 heteroatoms. The summed E-state index contributed by atoms with van der Waals surface area (Å²) in [6.45, 7) is 2.50. The first-order valence-electron chi connectivity index (χ1n) is 7.66. The van der Waals surface area contributed by atoms with Crippen molar-refractivity contribution >= 4 is 17.3 Å². The molecule has 0 spiro atoms. The first-order chi connectivity index (χ1) is 11.7. The molecule has 120 valence electrons. The molecule has 2 N–H and O–H groups in total. The molecule has 2 aromatic heterocycles. The van der Waals surface area contributed by atoms with Gasteiger partial charge in [0.05, 0.1) is 17.4 Å². The summed E-state index contributed by atoms with van der Waals surface area (Å²) in [5.41, 5.74) is 4.44. The molecule has 3 aromatic rings. The Bertz CT molecular complexity index is 816. The number of hydrogen-bond acceptors (Lipinski definition) is 4. The maximum Gasteiger partial charge on any atom is 0.253 e. The van der Waals surface area contributed by atoms with Gasteiger partial charge in [-0.25, -0.2) is 0 Å². The summed E-state index contributed by atoms with van der Waals surface area (Å²) < 4.78 is 0. The van der Waals surface area contributed by atoms with Gasteiger partial charge in [0.1, 0.15) is 0 Å². The Morgan fingerprint density at radius 1 is 0.958 bits per heavy atom. The Hall–Kier alpha value is -3.21. The molecule has 0 atom stereocenters. The highest BCUT2D eigenvalue weighted by Gasteiger charge is 2.07. The number of carbonyl (C=O) groups is 1. The van der Waals surface area contributed by atoms with Crippen molar-refractivity contribution in [1.82, 2.24) is 15.3 Å². The van der Waals surface area contributed by atoms with Gasteiger partial charge in [0.15, 0.2) is 0 Å². The fraction of sp³-hybridized carbons (Fsp3) is 0.105. The van der Waals surface area contributed by atoms with E-state index in [0.29, 0.717) is 12.1 Å². The average molecular weight is 318 g/mol.